The molecule has 1 saturated heterocycles. The summed E-state index contributed by atoms with van der Waals surface area (Å²) in [7, 11) is 2.20. The maximum Gasteiger partial charge on any atom is 0.471 e. The van der Waals surface area contributed by atoms with Crippen LogP contribution in [0.25, 0.3) is 0 Å². The molecular formula is C51H66ClF3N4O6. The van der Waals surface area contributed by atoms with Crippen molar-refractivity contribution in [2.45, 2.75) is 141 Å². The fourth-order valence-electron chi connectivity index (χ4n) is 9.61. The van der Waals surface area contributed by atoms with Crippen LogP contribution in [0.4, 0.5) is 13.2 Å². The Kier molecular flexibility index (Phi) is 17.3. The molecule has 1 aliphatic carbocycles. The molecule has 0 spiro atoms. The van der Waals surface area contributed by atoms with E-state index in [0.717, 1.165) is 50.5 Å². The van der Waals surface area contributed by atoms with Crippen LogP contribution in [0.2, 0.25) is 5.02 Å². The maximum atomic E-state index is 14.8. The number of esters is 1. The molecule has 0 bridgehead atoms. The Hall–Kier alpha value is -4.91. The van der Waals surface area contributed by atoms with E-state index in [1.165, 1.54) is 59.1 Å². The first-order valence-corrected chi connectivity index (χ1v) is 23.5. The standard InChI is InChI=1S/C51H66ClF3N4O6/c1-34(2)44(57(6)47(63)49(5,35(3)4)58(7)48(64)51(53,54)55)45(61)56-42(46(62)59-31-19-20-32-59)33-43(60)65-50(38-23-15-12-16-24-38,40-25-17-18-26-41(40)52)39-29-27-37(28-30-39)36-21-13-10-8-9-11-14-22-36/h12,15-18,23-30,34-36,42,44H,8-11,13-14,19-22,31-33H2,1-7H3,(H,56,61)/t42-,44-,49?,50?/m0/s1. The number of likely N-dealkylation sites (tertiary alicyclic amines) is 1. The van der Waals surface area contributed by atoms with Gasteiger partial charge in [0.2, 0.25) is 17.7 Å². The van der Waals surface area contributed by atoms with Crippen molar-refractivity contribution in [1.82, 2.24) is 20.0 Å². The fourth-order valence-corrected chi connectivity index (χ4v) is 9.88. The van der Waals surface area contributed by atoms with Crippen molar-refractivity contribution in [2.75, 3.05) is 27.2 Å². The number of halogens is 4. The van der Waals surface area contributed by atoms with Crippen LogP contribution in [0, 0.1) is 11.8 Å². The molecule has 65 heavy (non-hydrogen) atoms. The third-order valence-corrected chi connectivity index (χ3v) is 14.0. The normalized spacial score (nSPS) is 18.0. The number of alkyl halides is 3. The van der Waals surface area contributed by atoms with Crippen molar-refractivity contribution in [1.29, 1.82) is 0 Å². The fraction of sp³-hybridized carbons (Fsp3) is 0.549. The Morgan fingerprint density at radius 3 is 1.83 bits per heavy atom. The van der Waals surface area contributed by atoms with Gasteiger partial charge in [-0.05, 0) is 62.0 Å². The molecule has 2 fully saturated rings. The van der Waals surface area contributed by atoms with Crippen LogP contribution >= 0.6 is 11.6 Å². The molecule has 4 amide bonds. The minimum Gasteiger partial charge on any atom is -0.444 e. The molecule has 2 unspecified atom stereocenters. The summed E-state index contributed by atoms with van der Waals surface area (Å²) in [5.74, 6) is -6.31. The van der Waals surface area contributed by atoms with Crippen LogP contribution < -0.4 is 5.32 Å². The van der Waals surface area contributed by atoms with Crippen LogP contribution in [0.15, 0.2) is 78.9 Å². The topological polar surface area (TPSA) is 116 Å². The molecule has 1 aliphatic heterocycles. The highest BCUT2D eigenvalue weighted by atomic mass is 35.5. The van der Waals surface area contributed by atoms with Gasteiger partial charge < -0.3 is 24.8 Å². The summed E-state index contributed by atoms with van der Waals surface area (Å²) < 4.78 is 47.8. The van der Waals surface area contributed by atoms with Gasteiger partial charge in [-0.25, -0.2) is 0 Å². The average Bonchev–Trinajstić information content (AvgIpc) is 3.86. The van der Waals surface area contributed by atoms with Gasteiger partial charge in [-0.15, -0.1) is 0 Å². The van der Waals surface area contributed by atoms with Crippen molar-refractivity contribution in [3.8, 4) is 0 Å². The SMILES string of the molecule is CC(C)[C@@H](C(=O)N[C@@H](CC(=O)OC(c1ccccc1)(c1ccc(C2CCCCCCCC2)cc1)c1ccccc1Cl)C(=O)N1CCCC1)N(C)C(=O)C(C)(C(C)C)N(C)C(=O)C(F)(F)F. The van der Waals surface area contributed by atoms with Crippen LogP contribution in [-0.2, 0) is 34.3 Å². The van der Waals surface area contributed by atoms with E-state index < -0.39 is 77.3 Å². The quantitative estimate of drug-likeness (QED) is 0.120. The largest absolute Gasteiger partial charge is 0.471 e. The van der Waals surface area contributed by atoms with Gasteiger partial charge >= 0.3 is 18.1 Å². The Balaban J connectivity index is 1.53. The minimum absolute atomic E-state index is 0.339. The lowest BCUT2D eigenvalue weighted by molar-refractivity contribution is -0.193. The van der Waals surface area contributed by atoms with E-state index in [1.807, 2.05) is 48.5 Å². The summed E-state index contributed by atoms with van der Waals surface area (Å²) >= 11 is 7.02. The first-order chi connectivity index (χ1) is 30.7. The van der Waals surface area contributed by atoms with Crippen molar-refractivity contribution < 1.29 is 41.9 Å². The van der Waals surface area contributed by atoms with Gasteiger partial charge in [0.25, 0.3) is 0 Å². The molecule has 2 aliphatic rings. The Morgan fingerprint density at radius 1 is 0.754 bits per heavy atom. The van der Waals surface area contributed by atoms with E-state index in [-0.39, 0.29) is 0 Å². The smallest absolute Gasteiger partial charge is 0.444 e. The molecule has 3 aromatic carbocycles. The van der Waals surface area contributed by atoms with E-state index in [2.05, 4.69) is 17.4 Å². The molecule has 0 radical (unpaired) electrons. The number of amides is 4. The molecule has 1 heterocycles. The predicted octanol–water partition coefficient (Wildman–Crippen LogP) is 9.81. The Labute approximate surface area is 387 Å². The first kappa shape index (κ1) is 51.1. The maximum absolute atomic E-state index is 14.8. The summed E-state index contributed by atoms with van der Waals surface area (Å²) in [5, 5.41) is 3.10. The molecule has 0 aromatic heterocycles. The highest BCUT2D eigenvalue weighted by Crippen LogP contribution is 2.45. The monoisotopic (exact) mass is 922 g/mol. The predicted molar refractivity (Wildman–Crippen MR) is 246 cm³/mol. The van der Waals surface area contributed by atoms with Crippen molar-refractivity contribution in [3.05, 3.63) is 106 Å². The molecule has 4 atom stereocenters. The third-order valence-electron chi connectivity index (χ3n) is 13.7. The van der Waals surface area contributed by atoms with Gasteiger partial charge in [0, 0.05) is 48.9 Å². The van der Waals surface area contributed by atoms with E-state index in [1.54, 1.807) is 36.9 Å². The zero-order valence-corrected chi connectivity index (χ0v) is 39.6. The zero-order chi connectivity index (χ0) is 47.7. The van der Waals surface area contributed by atoms with Crippen LogP contribution in [0.3, 0.4) is 0 Å². The number of hydrogen-bond acceptors (Lipinski definition) is 6. The van der Waals surface area contributed by atoms with E-state index in [0.29, 0.717) is 45.6 Å². The first-order valence-electron chi connectivity index (χ1n) is 23.1. The minimum atomic E-state index is -5.25. The molecule has 1 saturated carbocycles. The number of nitrogens with zero attached hydrogens (tertiary/aromatic N) is 3. The number of nitrogens with one attached hydrogen (secondary N) is 1. The second kappa shape index (κ2) is 22.1. The summed E-state index contributed by atoms with van der Waals surface area (Å²) in [4.78, 5) is 73.4. The molecule has 10 nitrogen and oxygen atoms in total. The van der Waals surface area contributed by atoms with Crippen molar-refractivity contribution in [2.24, 2.45) is 11.8 Å². The zero-order valence-electron chi connectivity index (χ0n) is 38.9. The van der Waals surface area contributed by atoms with E-state index >= 15 is 0 Å². The van der Waals surface area contributed by atoms with Crippen molar-refractivity contribution >= 4 is 41.2 Å². The molecule has 3 aromatic rings. The average molecular weight is 924 g/mol. The summed E-state index contributed by atoms with van der Waals surface area (Å²) in [6, 6.07) is 21.7. The van der Waals surface area contributed by atoms with Crippen LogP contribution in [0.5, 0.6) is 0 Å². The highest BCUT2D eigenvalue weighted by Gasteiger charge is 2.53. The number of carbonyl (C=O) groups excluding carboxylic acids is 5. The molecule has 1 N–H and O–H groups in total. The van der Waals surface area contributed by atoms with Gasteiger partial charge in [-0.1, -0.05) is 151 Å². The number of carbonyl (C=O) groups is 5. The molecular weight excluding hydrogens is 857 g/mol. The van der Waals surface area contributed by atoms with Gasteiger partial charge in [-0.3, -0.25) is 24.0 Å². The lowest BCUT2D eigenvalue weighted by atomic mass is 9.78. The summed E-state index contributed by atoms with van der Waals surface area (Å²) in [6.07, 6.45) is 5.03. The van der Waals surface area contributed by atoms with Gasteiger partial charge in [0.15, 0.2) is 5.60 Å². The Morgan fingerprint density at radius 2 is 1.29 bits per heavy atom. The van der Waals surface area contributed by atoms with Crippen LogP contribution in [0.1, 0.15) is 133 Å². The van der Waals surface area contributed by atoms with Crippen LogP contribution in [-0.4, -0.2) is 95.3 Å². The number of hydrogen-bond donors (Lipinski definition) is 1. The molecule has 14 heteroatoms. The number of rotatable bonds is 15. The lowest BCUT2D eigenvalue weighted by Crippen LogP contribution is -2.66. The molecule has 354 valence electrons. The Bertz CT molecular complexity index is 2100. The second-order valence-electron chi connectivity index (χ2n) is 18.6. The van der Waals surface area contributed by atoms with Gasteiger partial charge in [0.05, 0.1) is 6.42 Å². The van der Waals surface area contributed by atoms with Gasteiger partial charge in [0.1, 0.15) is 17.6 Å². The van der Waals surface area contributed by atoms with E-state index in [9.17, 15) is 37.1 Å². The summed E-state index contributed by atoms with van der Waals surface area (Å²) in [6.45, 7) is 8.37. The third kappa shape index (κ3) is 11.6. The number of likely N-dealkylation sites (N-methyl/N-ethyl adjacent to an activating group) is 2. The number of benzene rings is 3. The second-order valence-corrected chi connectivity index (χ2v) is 19.0. The molecule has 5 rings (SSSR count). The highest BCUT2D eigenvalue weighted by molar-refractivity contribution is 6.31. The van der Waals surface area contributed by atoms with Gasteiger partial charge in [-0.2, -0.15) is 13.2 Å². The summed E-state index contributed by atoms with van der Waals surface area (Å²) in [5.41, 5.74) is -0.693. The van der Waals surface area contributed by atoms with E-state index in [4.69, 9.17) is 16.3 Å². The van der Waals surface area contributed by atoms with Crippen molar-refractivity contribution in [3.63, 3.8) is 0 Å². The lowest BCUT2D eigenvalue weighted by Gasteiger charge is -2.45. The number of ether oxygens (including phenoxy) is 1.